The van der Waals surface area contributed by atoms with Crippen LogP contribution in [0.2, 0.25) is 0 Å². The van der Waals surface area contributed by atoms with Crippen molar-refractivity contribution in [3.05, 3.63) is 33.9 Å². The predicted octanol–water partition coefficient (Wildman–Crippen LogP) is 3.56. The van der Waals surface area contributed by atoms with Gasteiger partial charge in [-0.3, -0.25) is 0 Å². The van der Waals surface area contributed by atoms with E-state index in [-0.39, 0.29) is 3.57 Å². The van der Waals surface area contributed by atoms with Gasteiger partial charge in [0.1, 0.15) is 0 Å². The summed E-state index contributed by atoms with van der Waals surface area (Å²) < 4.78 is 75.9. The molecule has 0 unspecified atom stereocenters. The Labute approximate surface area is 120 Å². The number of benzene rings is 1. The molecule has 1 aromatic rings. The number of hydrogen-bond donors (Lipinski definition) is 0. The molecule has 0 saturated carbocycles. The SMILES string of the molecule is O=C(OI(c1ccccc1)C1(C(F)(F)F)OO1)C(F)(F)F. The van der Waals surface area contributed by atoms with Crippen molar-refractivity contribution in [3.8, 4) is 0 Å². The normalized spacial score (nSPS) is 18.1. The zero-order valence-corrected chi connectivity index (χ0v) is 11.8. The Balaban J connectivity index is 2.36. The Hall–Kier alpha value is -1.08. The molecule has 0 atom stereocenters. The van der Waals surface area contributed by atoms with Crippen LogP contribution in [0, 0.1) is 3.57 Å². The molecule has 4 nitrogen and oxygen atoms in total. The van der Waals surface area contributed by atoms with Gasteiger partial charge < -0.3 is 0 Å². The molecule has 2 rings (SSSR count). The van der Waals surface area contributed by atoms with Crippen LogP contribution in [0.4, 0.5) is 26.3 Å². The van der Waals surface area contributed by atoms with Crippen LogP contribution < -0.4 is 0 Å². The topological polar surface area (TPSA) is 51.4 Å². The van der Waals surface area contributed by atoms with Crippen LogP contribution in [0.1, 0.15) is 0 Å². The summed E-state index contributed by atoms with van der Waals surface area (Å²) in [7, 11) is 0. The Bertz CT molecular complexity index is 525. The van der Waals surface area contributed by atoms with Crippen LogP contribution in [0.25, 0.3) is 0 Å². The van der Waals surface area contributed by atoms with E-state index in [1.165, 1.54) is 18.2 Å². The number of halogens is 7. The summed E-state index contributed by atoms with van der Waals surface area (Å²) in [6.45, 7) is 0. The van der Waals surface area contributed by atoms with Gasteiger partial charge in [-0.2, -0.15) is 0 Å². The summed E-state index contributed by atoms with van der Waals surface area (Å²) in [5.74, 6) is -2.71. The Morgan fingerprint density at radius 2 is 1.57 bits per heavy atom. The van der Waals surface area contributed by atoms with Gasteiger partial charge in [-0.15, -0.1) is 0 Å². The summed E-state index contributed by atoms with van der Waals surface area (Å²) in [5, 5.41) is 0. The van der Waals surface area contributed by atoms with Gasteiger partial charge in [-0.05, 0) is 0 Å². The second-order valence-corrected chi connectivity index (χ2v) is 8.13. The van der Waals surface area contributed by atoms with E-state index < -0.39 is 42.4 Å². The van der Waals surface area contributed by atoms with Crippen LogP contribution in [0.5, 0.6) is 0 Å². The van der Waals surface area contributed by atoms with E-state index in [2.05, 4.69) is 12.8 Å². The molecule has 21 heavy (non-hydrogen) atoms. The van der Waals surface area contributed by atoms with Crippen molar-refractivity contribution < 1.29 is 44.0 Å². The van der Waals surface area contributed by atoms with Crippen LogP contribution in [0.3, 0.4) is 0 Å². The average molecular weight is 430 g/mol. The summed E-state index contributed by atoms with van der Waals surface area (Å²) in [6.07, 6.45) is -10.5. The minimum atomic E-state index is -5.41. The molecule has 0 aromatic heterocycles. The molecule has 1 saturated heterocycles. The van der Waals surface area contributed by atoms with Gasteiger partial charge in [0, 0.05) is 0 Å². The molecule has 1 heterocycles. The molecule has 0 radical (unpaired) electrons. The molecular weight excluding hydrogens is 425 g/mol. The Morgan fingerprint density at radius 1 is 1.05 bits per heavy atom. The van der Waals surface area contributed by atoms with Gasteiger partial charge >= 0.3 is 120 Å². The Kier molecular flexibility index (Phi) is 4.10. The molecule has 0 amide bonds. The van der Waals surface area contributed by atoms with E-state index in [9.17, 15) is 31.1 Å². The second kappa shape index (κ2) is 5.28. The molecule has 1 aliphatic rings. The van der Waals surface area contributed by atoms with Gasteiger partial charge in [0.25, 0.3) is 0 Å². The first kappa shape index (κ1) is 16.3. The molecule has 0 aliphatic carbocycles. The van der Waals surface area contributed by atoms with E-state index >= 15 is 0 Å². The molecule has 0 N–H and O–H groups in total. The predicted molar refractivity (Wildman–Crippen MR) is 62.3 cm³/mol. The summed E-state index contributed by atoms with van der Waals surface area (Å²) in [5.41, 5.74) is 0. The molecule has 0 spiro atoms. The third kappa shape index (κ3) is 3.23. The maximum atomic E-state index is 12.9. The van der Waals surface area contributed by atoms with E-state index in [0.717, 1.165) is 12.1 Å². The quantitative estimate of drug-likeness (QED) is 0.242. The van der Waals surface area contributed by atoms with Crippen LogP contribution in [0.15, 0.2) is 30.3 Å². The van der Waals surface area contributed by atoms with E-state index in [1.807, 2.05) is 0 Å². The second-order valence-electron chi connectivity index (χ2n) is 3.61. The van der Waals surface area contributed by atoms with Crippen molar-refractivity contribution >= 4 is 26.2 Å². The van der Waals surface area contributed by atoms with Gasteiger partial charge in [-0.25, -0.2) is 0 Å². The zero-order valence-electron chi connectivity index (χ0n) is 9.67. The van der Waals surface area contributed by atoms with Gasteiger partial charge in [0.15, 0.2) is 0 Å². The van der Waals surface area contributed by atoms with Crippen molar-refractivity contribution in [2.24, 2.45) is 0 Å². The van der Waals surface area contributed by atoms with E-state index in [0.29, 0.717) is 0 Å². The maximum absolute atomic E-state index is 12.9. The third-order valence-corrected chi connectivity index (χ3v) is 7.06. The number of hydrogen-bond acceptors (Lipinski definition) is 4. The summed E-state index contributed by atoms with van der Waals surface area (Å²) in [6, 6.07) is 6.28. The van der Waals surface area contributed by atoms with Crippen LogP contribution >= 0.6 is 20.2 Å². The fourth-order valence-corrected chi connectivity index (χ4v) is 5.22. The van der Waals surface area contributed by atoms with Crippen LogP contribution in [-0.4, -0.2) is 22.1 Å². The number of carbonyl (C=O) groups is 1. The fourth-order valence-electron chi connectivity index (χ4n) is 1.17. The standard InChI is InChI=1S/C10H5F6IO4/c11-8(12,13)7(18)19-17(6-4-2-1-3-5-6)10(20-21-10)9(14,15)16/h1-5H. The van der Waals surface area contributed by atoms with Crippen LogP contribution in [-0.2, 0) is 17.6 Å². The molecule has 1 fully saturated rings. The molecule has 0 bridgehead atoms. The monoisotopic (exact) mass is 430 g/mol. The Morgan fingerprint density at radius 3 is 1.95 bits per heavy atom. The van der Waals surface area contributed by atoms with Gasteiger partial charge in [-0.1, -0.05) is 0 Å². The van der Waals surface area contributed by atoms with Crippen molar-refractivity contribution in [1.82, 2.24) is 0 Å². The molecule has 11 heteroatoms. The van der Waals surface area contributed by atoms with Crippen molar-refractivity contribution in [2.75, 3.05) is 0 Å². The first-order chi connectivity index (χ1) is 9.58. The van der Waals surface area contributed by atoms with Gasteiger partial charge in [0.05, 0.1) is 0 Å². The summed E-state index contributed by atoms with van der Waals surface area (Å²) >= 11 is -4.33. The van der Waals surface area contributed by atoms with Gasteiger partial charge in [0.2, 0.25) is 0 Å². The number of alkyl halides is 7. The number of carbonyl (C=O) groups excluding carboxylic acids is 1. The molecule has 1 aliphatic heterocycles. The van der Waals surface area contributed by atoms with Crippen molar-refractivity contribution in [1.29, 1.82) is 0 Å². The molecule has 1 aromatic carbocycles. The molecular formula is C10H5F6IO4. The minimum absolute atomic E-state index is 0.200. The average Bonchev–Trinajstić information content (AvgIpc) is 3.16. The van der Waals surface area contributed by atoms with E-state index in [4.69, 9.17) is 0 Å². The van der Waals surface area contributed by atoms with Crippen molar-refractivity contribution in [3.63, 3.8) is 0 Å². The molecule has 118 valence electrons. The third-order valence-electron chi connectivity index (χ3n) is 2.10. The van der Waals surface area contributed by atoms with Crippen molar-refractivity contribution in [2.45, 2.75) is 16.1 Å². The first-order valence-corrected chi connectivity index (χ1v) is 8.10. The van der Waals surface area contributed by atoms with E-state index in [1.54, 1.807) is 0 Å². The first-order valence-electron chi connectivity index (χ1n) is 5.06. The number of rotatable bonds is 3. The zero-order chi connectivity index (χ0) is 15.9. The fraction of sp³-hybridized carbons (Fsp3) is 0.300. The summed E-state index contributed by atoms with van der Waals surface area (Å²) in [4.78, 5) is 18.6.